The number of benzene rings is 1. The number of phenolic OH excluding ortho intramolecular Hbond substituents is 1. The molecule has 0 saturated carbocycles. The number of nitrogens with one attached hydrogen (secondary N) is 2. The summed E-state index contributed by atoms with van der Waals surface area (Å²) in [5.41, 5.74) is 1.17. The molecule has 1 aromatic carbocycles. The van der Waals surface area contributed by atoms with Gasteiger partial charge >= 0.3 is 205 Å². The van der Waals surface area contributed by atoms with Crippen molar-refractivity contribution < 1.29 is 39.2 Å². The Bertz CT molecular complexity index is 1360. The Morgan fingerprint density at radius 1 is 1.28 bits per heavy atom. The van der Waals surface area contributed by atoms with Crippen LogP contribution in [0.5, 0.6) is 5.75 Å². The molecule has 208 valence electrons. The molecule has 3 aliphatic carbocycles. The molecule has 39 heavy (non-hydrogen) atoms. The number of hydrogen-bond donors (Lipinski definition) is 7. The molecule has 0 fully saturated rings. The molecule has 13 heteroatoms. The standard InChI is InChI=1S/C26H32BFN4O7/c1-4-5-30-9-15(33)31-14-8-13(28)11-6-10-7-12-19(32(2)3)22(36)18(25(29)38)23(27)26(12,39)24(37)16(10)21(35)17(11)20(14)34/h8,10,12,19,27,30,34,36-37,39H,4-7,9H2,1-3H3,(H2,29,38)(H,31,33)/t10-,12-,19-,26+/m0/s1. The number of allylic oxidation sites excluding steroid dienone is 1. The molecule has 11 nitrogen and oxygen atoms in total. The molecule has 0 aliphatic heterocycles. The minimum atomic E-state index is -2.35. The van der Waals surface area contributed by atoms with Crippen molar-refractivity contribution in [2.45, 2.75) is 37.8 Å². The fourth-order valence-electron chi connectivity index (χ4n) is 6.11. The van der Waals surface area contributed by atoms with Gasteiger partial charge in [0, 0.05) is 0 Å². The average Bonchev–Trinajstić information content (AvgIpc) is 2.84. The van der Waals surface area contributed by atoms with Crippen LogP contribution in [0.15, 0.2) is 28.7 Å². The van der Waals surface area contributed by atoms with Crippen LogP contribution in [0.3, 0.4) is 0 Å². The molecule has 8 N–H and O–H groups in total. The summed E-state index contributed by atoms with van der Waals surface area (Å²) in [5.74, 6) is -7.07. The van der Waals surface area contributed by atoms with Gasteiger partial charge in [-0.15, -0.1) is 0 Å². The van der Waals surface area contributed by atoms with E-state index in [0.29, 0.717) is 6.54 Å². The summed E-state index contributed by atoms with van der Waals surface area (Å²) in [6, 6.07) is -0.0496. The monoisotopic (exact) mass is 542 g/mol. The van der Waals surface area contributed by atoms with Crippen molar-refractivity contribution in [3.63, 3.8) is 0 Å². The molecule has 0 unspecified atom stereocenters. The summed E-state index contributed by atoms with van der Waals surface area (Å²) in [4.78, 5) is 39.7. The predicted octanol–water partition coefficient (Wildman–Crippen LogP) is -0.298. The fraction of sp³-hybridized carbons (Fsp3) is 0.462. The van der Waals surface area contributed by atoms with Crippen LogP contribution in [0.4, 0.5) is 10.1 Å². The van der Waals surface area contributed by atoms with Crippen LogP contribution >= 0.6 is 0 Å². The van der Waals surface area contributed by atoms with Crippen molar-refractivity contribution in [1.82, 2.24) is 10.2 Å². The summed E-state index contributed by atoms with van der Waals surface area (Å²) < 4.78 is 15.3. The van der Waals surface area contributed by atoms with E-state index >= 15 is 4.39 Å². The van der Waals surface area contributed by atoms with E-state index in [0.717, 1.165) is 12.5 Å². The SMILES string of the molecule is B=C1C(C(N)=O)=C(O)[C@@H](N(C)C)[C@@H]2C[C@@H]3Cc4c(F)cc(NC(=O)CNCCC)c(O)c4C(=O)C3=C(O)[C@]12O. The molecule has 0 spiro atoms. The van der Waals surface area contributed by atoms with Gasteiger partial charge in [0.2, 0.25) is 0 Å². The second kappa shape index (κ2) is 10.2. The number of carbonyl (C=O) groups excluding carboxylic acids is 3. The molecule has 1 aromatic rings. The molecule has 4 atom stereocenters. The first kappa shape index (κ1) is 28.5. The zero-order chi connectivity index (χ0) is 29.0. The third-order valence-corrected chi connectivity index (χ3v) is 7.84. The first-order chi connectivity index (χ1) is 18.3. The van der Waals surface area contributed by atoms with E-state index in [2.05, 4.69) is 18.1 Å². The van der Waals surface area contributed by atoms with E-state index in [-0.39, 0.29) is 41.7 Å². The molecule has 0 saturated heterocycles. The number of hydrogen-bond acceptors (Lipinski definition) is 9. The molecule has 0 radical (unpaired) electrons. The number of aliphatic hydroxyl groups is 3. The normalized spacial score (nSPS) is 26.3. The van der Waals surface area contributed by atoms with E-state index in [1.807, 2.05) is 6.92 Å². The van der Waals surface area contributed by atoms with Crippen LogP contribution < -0.4 is 16.4 Å². The number of likely N-dealkylation sites (N-methyl/N-ethyl adjacent to an activating group) is 1. The number of aliphatic hydroxyl groups excluding tert-OH is 2. The van der Waals surface area contributed by atoms with E-state index < -0.39 is 75.3 Å². The van der Waals surface area contributed by atoms with E-state index in [1.54, 1.807) is 14.1 Å². The summed E-state index contributed by atoms with van der Waals surface area (Å²) in [7, 11) is 6.92. The zero-order valence-corrected chi connectivity index (χ0v) is 22.0. The van der Waals surface area contributed by atoms with Crippen LogP contribution in [0.2, 0.25) is 0 Å². The van der Waals surface area contributed by atoms with Gasteiger partial charge in [-0.25, -0.2) is 0 Å². The van der Waals surface area contributed by atoms with Gasteiger partial charge in [0.1, 0.15) is 0 Å². The summed E-state index contributed by atoms with van der Waals surface area (Å²) in [5, 5.41) is 50.4. The van der Waals surface area contributed by atoms with Crippen molar-refractivity contribution in [3.8, 4) is 5.75 Å². The van der Waals surface area contributed by atoms with Crippen LogP contribution in [-0.2, 0) is 16.0 Å². The number of carbonyl (C=O) groups is 3. The Morgan fingerprint density at radius 2 is 1.95 bits per heavy atom. The number of phenols is 1. The second-order valence-corrected chi connectivity index (χ2v) is 10.4. The van der Waals surface area contributed by atoms with Crippen LogP contribution in [0.25, 0.3) is 0 Å². The summed E-state index contributed by atoms with van der Waals surface area (Å²) in [6.45, 7) is 2.39. The average molecular weight is 542 g/mol. The first-order valence-electron chi connectivity index (χ1n) is 12.6. The molecule has 0 bridgehead atoms. The van der Waals surface area contributed by atoms with E-state index in [4.69, 9.17) is 5.73 Å². The van der Waals surface area contributed by atoms with Crippen molar-refractivity contribution in [2.75, 3.05) is 32.5 Å². The minimum absolute atomic E-state index is 0.000823. The first-order valence-corrected chi connectivity index (χ1v) is 12.6. The van der Waals surface area contributed by atoms with Gasteiger partial charge in [0.15, 0.2) is 0 Å². The molecule has 4 rings (SSSR count). The number of fused-ring (bicyclic) bond motifs is 3. The Hall–Kier alpha value is -3.55. The Labute approximate surface area is 225 Å². The van der Waals surface area contributed by atoms with Gasteiger partial charge in [-0.1, -0.05) is 6.92 Å². The third kappa shape index (κ3) is 4.34. The third-order valence-electron chi connectivity index (χ3n) is 7.84. The Kier molecular flexibility index (Phi) is 7.45. The quantitative estimate of drug-likeness (QED) is 0.138. The molecule has 3 aliphatic rings. The van der Waals surface area contributed by atoms with Crippen molar-refractivity contribution in [1.29, 1.82) is 0 Å². The zero-order valence-electron chi connectivity index (χ0n) is 22.0. The van der Waals surface area contributed by atoms with Gasteiger partial charge < -0.3 is 0 Å². The summed E-state index contributed by atoms with van der Waals surface area (Å²) in [6.07, 6.45) is 0.671. The number of nitrogens with two attached hydrogens (primary N) is 1. The topological polar surface area (TPSA) is 185 Å². The maximum atomic E-state index is 15.3. The number of rotatable bonds is 7. The molecule has 0 heterocycles. The molecule has 0 aromatic heterocycles. The number of ketones is 1. The van der Waals surface area contributed by atoms with Crippen LogP contribution in [-0.4, -0.2) is 94.7 Å². The van der Waals surface area contributed by atoms with Gasteiger partial charge in [-0.2, -0.15) is 0 Å². The van der Waals surface area contributed by atoms with E-state index in [9.17, 15) is 34.8 Å². The van der Waals surface area contributed by atoms with Gasteiger partial charge in [-0.3, -0.25) is 0 Å². The number of Topliss-reactive ketones (excluding diaryl/α,β-unsaturated/α-hetero) is 1. The number of aromatic hydroxyl groups is 1. The van der Waals surface area contributed by atoms with Gasteiger partial charge in [-0.05, 0) is 13.0 Å². The summed E-state index contributed by atoms with van der Waals surface area (Å²) >= 11 is 0. The second-order valence-electron chi connectivity index (χ2n) is 10.4. The maximum absolute atomic E-state index is 15.3. The number of amides is 2. The Morgan fingerprint density at radius 3 is 2.54 bits per heavy atom. The van der Waals surface area contributed by atoms with E-state index in [1.165, 1.54) is 4.90 Å². The van der Waals surface area contributed by atoms with Gasteiger partial charge in [0.05, 0.1) is 0 Å². The van der Waals surface area contributed by atoms with Crippen LogP contribution in [0, 0.1) is 17.7 Å². The molecular weight excluding hydrogens is 510 g/mol. The number of nitrogens with zero attached hydrogens (tertiary/aromatic N) is 1. The number of anilines is 1. The van der Waals surface area contributed by atoms with Crippen molar-refractivity contribution >= 4 is 36.2 Å². The predicted molar refractivity (Wildman–Crippen MR) is 143 cm³/mol. The Balaban J connectivity index is 1.83. The fourth-order valence-corrected chi connectivity index (χ4v) is 6.11. The van der Waals surface area contributed by atoms with Crippen molar-refractivity contribution in [2.24, 2.45) is 17.6 Å². The number of primary amides is 1. The van der Waals surface area contributed by atoms with Crippen molar-refractivity contribution in [3.05, 3.63) is 45.7 Å². The number of halogens is 1. The molecular formula is C26H32BFN4O7. The molecule has 2 amide bonds. The van der Waals surface area contributed by atoms with Crippen LogP contribution in [0.1, 0.15) is 35.7 Å². The van der Waals surface area contributed by atoms with Gasteiger partial charge in [0.25, 0.3) is 0 Å².